The van der Waals surface area contributed by atoms with Crippen molar-refractivity contribution in [1.82, 2.24) is 9.47 Å². The number of nitrogens with zero attached hydrogens (tertiary/aromatic N) is 3. The number of para-hydroxylation sites is 1. The summed E-state index contributed by atoms with van der Waals surface area (Å²) < 4.78 is 12.6. The second kappa shape index (κ2) is 22.6. The minimum Gasteiger partial charge on any atom is -0.444 e. The van der Waals surface area contributed by atoms with Gasteiger partial charge in [-0.15, -0.1) is 0 Å². The van der Waals surface area contributed by atoms with Gasteiger partial charge in [-0.25, -0.2) is 9.36 Å². The Bertz CT molecular complexity index is 1970. The van der Waals surface area contributed by atoms with Crippen molar-refractivity contribution in [2.75, 3.05) is 31.1 Å². The molecule has 0 amide bonds. The normalized spacial score (nSPS) is 14.4. The van der Waals surface area contributed by atoms with Gasteiger partial charge in [0.25, 0.3) is 0 Å². The number of aromatic nitrogens is 1. The number of carbonyl (C=O) groups excluding carboxylic acids is 1. The molecule has 2 heterocycles. The molecule has 1 aliphatic heterocycles. The zero-order chi connectivity index (χ0) is 37.6. The predicted octanol–water partition coefficient (Wildman–Crippen LogP) is 10.6. The molecule has 3 aromatic carbocycles. The van der Waals surface area contributed by atoms with Gasteiger partial charge < -0.3 is 14.1 Å². The fraction of sp³-hybridized carbons (Fsp3) is 0.319. The third kappa shape index (κ3) is 12.9. The molecule has 5 rings (SSSR count). The van der Waals surface area contributed by atoms with Crippen LogP contribution < -0.4 is 10.7 Å². The highest BCUT2D eigenvalue weighted by Gasteiger charge is 2.22. The largest absolute Gasteiger partial charge is 0.444 e. The van der Waals surface area contributed by atoms with E-state index >= 15 is 0 Å². The molecule has 0 saturated carbocycles. The third-order valence-corrected chi connectivity index (χ3v) is 9.29. The zero-order valence-electron chi connectivity index (χ0n) is 31.7. The summed E-state index contributed by atoms with van der Waals surface area (Å²) in [6, 6.07) is 25.0. The zero-order valence-corrected chi connectivity index (χ0v) is 31.7. The highest BCUT2D eigenvalue weighted by atomic mass is 16.5. The van der Waals surface area contributed by atoms with E-state index in [4.69, 9.17) is 9.15 Å². The Labute approximate surface area is 320 Å². The Balaban J connectivity index is 0.987. The van der Waals surface area contributed by atoms with Gasteiger partial charge in [0, 0.05) is 39.1 Å². The van der Waals surface area contributed by atoms with Crippen LogP contribution in [0.3, 0.4) is 0 Å². The number of benzene rings is 3. The molecule has 1 fully saturated rings. The number of carbonyl (C=O) groups is 1. The van der Waals surface area contributed by atoms with Crippen LogP contribution in [-0.4, -0.2) is 41.6 Å². The van der Waals surface area contributed by atoms with E-state index in [1.807, 2.05) is 30.3 Å². The number of anilines is 1. The summed E-state index contributed by atoms with van der Waals surface area (Å²) in [5.74, 6) is -0.878. The maximum Gasteiger partial charge on any atom is 0.422 e. The fourth-order valence-electron chi connectivity index (χ4n) is 6.38. The van der Waals surface area contributed by atoms with E-state index in [1.165, 1.54) is 21.3 Å². The van der Waals surface area contributed by atoms with Crippen LogP contribution >= 0.6 is 0 Å². The topological polar surface area (TPSA) is 67.9 Å². The molecule has 1 aliphatic rings. The van der Waals surface area contributed by atoms with Gasteiger partial charge in [-0.2, -0.15) is 0 Å². The molecule has 0 unspecified atom stereocenters. The Kier molecular flexibility index (Phi) is 16.7. The molecule has 0 atom stereocenters. The lowest BCUT2D eigenvalue weighted by Gasteiger charge is -2.36. The predicted molar refractivity (Wildman–Crippen MR) is 223 cm³/mol. The molecule has 1 aromatic heterocycles. The average molecular weight is 726 g/mol. The summed E-state index contributed by atoms with van der Waals surface area (Å²) in [4.78, 5) is 30.1. The van der Waals surface area contributed by atoms with Crippen molar-refractivity contribution in [3.63, 3.8) is 0 Å². The minimum absolute atomic E-state index is 0.173. The van der Waals surface area contributed by atoms with Gasteiger partial charge in [-0.1, -0.05) is 134 Å². The van der Waals surface area contributed by atoms with Gasteiger partial charge in [-0.05, 0) is 79.8 Å². The number of hydrogen-bond donors (Lipinski definition) is 0. The second-order valence-electron chi connectivity index (χ2n) is 13.4. The lowest BCUT2D eigenvalue weighted by Crippen LogP contribution is -2.46. The van der Waals surface area contributed by atoms with Crippen LogP contribution in [0.4, 0.5) is 5.69 Å². The molecule has 7 heteroatoms. The molecular formula is C47H55N3O4. The Hall–Kier alpha value is -5.40. The van der Waals surface area contributed by atoms with Crippen LogP contribution in [0.15, 0.2) is 155 Å². The first-order valence-corrected chi connectivity index (χ1v) is 19.4. The molecule has 282 valence electrons. The number of rotatable bonds is 20. The Morgan fingerprint density at radius 1 is 0.685 bits per heavy atom. The summed E-state index contributed by atoms with van der Waals surface area (Å²) in [6.07, 6.45) is 32.5. The summed E-state index contributed by atoms with van der Waals surface area (Å²) in [7, 11) is 0. The molecule has 0 radical (unpaired) electrons. The molecule has 0 N–H and O–H groups in total. The van der Waals surface area contributed by atoms with E-state index in [2.05, 4.69) is 132 Å². The van der Waals surface area contributed by atoms with Crippen LogP contribution in [0.25, 0.3) is 22.2 Å². The van der Waals surface area contributed by atoms with E-state index in [1.54, 1.807) is 0 Å². The van der Waals surface area contributed by atoms with Crippen molar-refractivity contribution in [2.24, 2.45) is 0 Å². The van der Waals surface area contributed by atoms with Gasteiger partial charge in [0.2, 0.25) is 0 Å². The SMILES string of the molecule is CCC=CCC=CCC=CCC=CCC=CCC=CCCC(=O)OCn1c(=O)oc2c(N3CCN(Cc4cccc(-c5ccccc5)c4)CC3)cccc21. The summed E-state index contributed by atoms with van der Waals surface area (Å²) in [6.45, 7) is 6.28. The number of ether oxygens (including phenoxy) is 1. The monoisotopic (exact) mass is 725 g/mol. The summed E-state index contributed by atoms with van der Waals surface area (Å²) >= 11 is 0. The van der Waals surface area contributed by atoms with Crippen molar-refractivity contribution >= 4 is 22.8 Å². The van der Waals surface area contributed by atoms with E-state index in [9.17, 15) is 9.59 Å². The fourth-order valence-corrected chi connectivity index (χ4v) is 6.38. The van der Waals surface area contributed by atoms with Gasteiger partial charge >= 0.3 is 11.7 Å². The molecule has 1 saturated heterocycles. The number of allylic oxidation sites excluding steroid dienone is 12. The highest BCUT2D eigenvalue weighted by molar-refractivity contribution is 5.87. The maximum atomic E-state index is 12.9. The van der Waals surface area contributed by atoms with Gasteiger partial charge in [0.1, 0.15) is 0 Å². The maximum absolute atomic E-state index is 12.9. The van der Waals surface area contributed by atoms with Gasteiger partial charge in [0.15, 0.2) is 12.3 Å². The van der Waals surface area contributed by atoms with Crippen molar-refractivity contribution in [3.8, 4) is 11.1 Å². The Morgan fingerprint density at radius 3 is 1.93 bits per heavy atom. The first-order chi connectivity index (χ1) is 26.6. The quantitative estimate of drug-likeness (QED) is 0.0667. The molecule has 7 nitrogen and oxygen atoms in total. The molecule has 0 bridgehead atoms. The number of esters is 1. The van der Waals surface area contributed by atoms with Crippen LogP contribution in [-0.2, 0) is 22.8 Å². The van der Waals surface area contributed by atoms with Gasteiger partial charge in [-0.3, -0.25) is 9.69 Å². The van der Waals surface area contributed by atoms with E-state index < -0.39 is 5.76 Å². The van der Waals surface area contributed by atoms with Crippen molar-refractivity contribution < 1.29 is 13.9 Å². The van der Waals surface area contributed by atoms with Crippen LogP contribution in [0.5, 0.6) is 0 Å². The van der Waals surface area contributed by atoms with E-state index in [-0.39, 0.29) is 19.1 Å². The van der Waals surface area contributed by atoms with Crippen molar-refractivity contribution in [1.29, 1.82) is 0 Å². The van der Waals surface area contributed by atoms with Crippen LogP contribution in [0.1, 0.15) is 63.9 Å². The van der Waals surface area contributed by atoms with E-state index in [0.717, 1.165) is 76.9 Å². The first kappa shape index (κ1) is 39.8. The number of piperazine rings is 1. The lowest BCUT2D eigenvalue weighted by molar-refractivity contribution is -0.147. The van der Waals surface area contributed by atoms with Crippen LogP contribution in [0, 0.1) is 0 Å². The standard InChI is InChI=1S/C47H55N3O4/c1-2-3-4-5-6-7-8-9-10-11-12-13-14-15-16-17-18-19-23-32-45(51)53-39-50-44-31-25-30-43(46(44)54-47(50)52)49-35-33-48(34-36-49)38-40-26-24-29-42(37-40)41-27-21-20-22-28-41/h3-4,6-7,9-10,12-13,15-16,18-22,24-31,37H,2,5,8,11,14,17,23,32-36,38-39H2,1H3. The van der Waals surface area contributed by atoms with Gasteiger partial charge in [0.05, 0.1) is 11.2 Å². The molecular weight excluding hydrogens is 671 g/mol. The number of oxazole rings is 1. The van der Waals surface area contributed by atoms with Crippen molar-refractivity contribution in [2.45, 2.75) is 71.6 Å². The second-order valence-corrected chi connectivity index (χ2v) is 13.4. The van der Waals surface area contributed by atoms with E-state index in [0.29, 0.717) is 17.5 Å². The highest BCUT2D eigenvalue weighted by Crippen LogP contribution is 2.28. The number of hydrogen-bond acceptors (Lipinski definition) is 6. The molecule has 54 heavy (non-hydrogen) atoms. The number of fused-ring (bicyclic) bond motifs is 1. The van der Waals surface area contributed by atoms with Crippen LogP contribution in [0.2, 0.25) is 0 Å². The molecule has 4 aromatic rings. The molecule has 0 aliphatic carbocycles. The lowest BCUT2D eigenvalue weighted by atomic mass is 10.0. The average Bonchev–Trinajstić information content (AvgIpc) is 3.53. The minimum atomic E-state index is -0.529. The first-order valence-electron chi connectivity index (χ1n) is 19.4. The third-order valence-electron chi connectivity index (χ3n) is 9.29. The summed E-state index contributed by atoms with van der Waals surface area (Å²) in [5, 5.41) is 0. The summed E-state index contributed by atoms with van der Waals surface area (Å²) in [5.41, 5.74) is 5.79. The Morgan fingerprint density at radius 2 is 1.28 bits per heavy atom. The smallest absolute Gasteiger partial charge is 0.422 e. The van der Waals surface area contributed by atoms with Crippen molar-refractivity contribution in [3.05, 3.63) is 162 Å². The molecule has 0 spiro atoms.